The van der Waals surface area contributed by atoms with Crippen LogP contribution in [0, 0.1) is 0 Å². The standard InChI is InChI=1S/C24H29N3O4/c1-30-20-7-5-13-27(17-20)24(29)21-8-2-3-9-22(21)31-19-10-14-26(15-11-19)23(28)18-6-4-12-25-16-18/h2-4,6,8-9,12,16,19-20H,5,7,10-11,13-15,17H2,1H3/t20-/m1/s1. The maximum atomic E-state index is 13.2. The van der Waals surface area contributed by atoms with Gasteiger partial charge in [0.1, 0.15) is 11.9 Å². The second-order valence-electron chi connectivity index (χ2n) is 8.10. The van der Waals surface area contributed by atoms with Crippen LogP contribution in [0.5, 0.6) is 5.75 Å². The van der Waals surface area contributed by atoms with Crippen molar-refractivity contribution in [3.63, 3.8) is 0 Å². The van der Waals surface area contributed by atoms with E-state index >= 15 is 0 Å². The Labute approximate surface area is 183 Å². The molecule has 2 amide bonds. The van der Waals surface area contributed by atoms with Crippen molar-refractivity contribution in [3.8, 4) is 5.75 Å². The summed E-state index contributed by atoms with van der Waals surface area (Å²) in [4.78, 5) is 33.5. The lowest BCUT2D eigenvalue weighted by Gasteiger charge is -2.34. The second kappa shape index (κ2) is 9.92. The highest BCUT2D eigenvalue weighted by molar-refractivity contribution is 5.97. The summed E-state index contributed by atoms with van der Waals surface area (Å²) >= 11 is 0. The van der Waals surface area contributed by atoms with Gasteiger partial charge in [-0.3, -0.25) is 14.6 Å². The van der Waals surface area contributed by atoms with E-state index in [1.54, 1.807) is 31.6 Å². The smallest absolute Gasteiger partial charge is 0.257 e. The number of rotatable bonds is 5. The number of ether oxygens (including phenoxy) is 2. The summed E-state index contributed by atoms with van der Waals surface area (Å²) in [5.74, 6) is 0.602. The Morgan fingerprint density at radius 2 is 1.74 bits per heavy atom. The van der Waals surface area contributed by atoms with Gasteiger partial charge in [0.2, 0.25) is 0 Å². The minimum atomic E-state index is -0.0278. The molecule has 0 aliphatic carbocycles. The minimum Gasteiger partial charge on any atom is -0.489 e. The van der Waals surface area contributed by atoms with Crippen LogP contribution >= 0.6 is 0 Å². The van der Waals surface area contributed by atoms with Crippen LogP contribution in [0.1, 0.15) is 46.4 Å². The van der Waals surface area contributed by atoms with Gasteiger partial charge in [0.05, 0.1) is 17.2 Å². The molecule has 1 aromatic heterocycles. The fourth-order valence-corrected chi connectivity index (χ4v) is 4.26. The first-order chi connectivity index (χ1) is 15.2. The van der Waals surface area contributed by atoms with E-state index in [1.165, 1.54) is 0 Å². The number of piperidine rings is 2. The van der Waals surface area contributed by atoms with Gasteiger partial charge in [0, 0.05) is 58.5 Å². The third-order valence-corrected chi connectivity index (χ3v) is 6.05. The molecule has 7 heteroatoms. The number of para-hydroxylation sites is 1. The molecule has 1 aromatic carbocycles. The molecule has 4 rings (SSSR count). The number of nitrogens with zero attached hydrogens (tertiary/aromatic N) is 3. The molecule has 0 radical (unpaired) electrons. The van der Waals surface area contributed by atoms with E-state index in [2.05, 4.69) is 4.98 Å². The molecule has 31 heavy (non-hydrogen) atoms. The third-order valence-electron chi connectivity index (χ3n) is 6.05. The molecule has 3 heterocycles. The van der Waals surface area contributed by atoms with E-state index in [1.807, 2.05) is 34.1 Å². The molecule has 1 atom stereocenters. The molecule has 2 aliphatic heterocycles. The number of carbonyl (C=O) groups is 2. The van der Waals surface area contributed by atoms with Crippen molar-refractivity contribution in [3.05, 3.63) is 59.9 Å². The number of likely N-dealkylation sites (tertiary alicyclic amines) is 2. The number of hydrogen-bond acceptors (Lipinski definition) is 5. The van der Waals surface area contributed by atoms with Crippen LogP contribution in [0.4, 0.5) is 0 Å². The first-order valence-electron chi connectivity index (χ1n) is 10.9. The Bertz CT molecular complexity index is 897. The van der Waals surface area contributed by atoms with Crippen LogP contribution in [-0.2, 0) is 4.74 Å². The molecule has 164 valence electrons. The zero-order valence-electron chi connectivity index (χ0n) is 17.9. The number of methoxy groups -OCH3 is 1. The lowest BCUT2D eigenvalue weighted by atomic mass is 10.0. The molecule has 7 nitrogen and oxygen atoms in total. The lowest BCUT2D eigenvalue weighted by molar-refractivity contribution is 0.0264. The summed E-state index contributed by atoms with van der Waals surface area (Å²) in [6.07, 6.45) is 6.70. The van der Waals surface area contributed by atoms with Crippen LogP contribution in [-0.4, -0.2) is 72.1 Å². The molecule has 0 N–H and O–H groups in total. The summed E-state index contributed by atoms with van der Waals surface area (Å²) in [7, 11) is 1.70. The summed E-state index contributed by atoms with van der Waals surface area (Å²) < 4.78 is 11.7. The van der Waals surface area contributed by atoms with Crippen LogP contribution in [0.15, 0.2) is 48.8 Å². The van der Waals surface area contributed by atoms with Gasteiger partial charge < -0.3 is 19.3 Å². The maximum Gasteiger partial charge on any atom is 0.257 e. The molecule has 0 saturated carbocycles. The fourth-order valence-electron chi connectivity index (χ4n) is 4.26. The van der Waals surface area contributed by atoms with Crippen LogP contribution in [0.2, 0.25) is 0 Å². The van der Waals surface area contributed by atoms with Crippen molar-refractivity contribution in [1.82, 2.24) is 14.8 Å². The van der Waals surface area contributed by atoms with Crippen molar-refractivity contribution in [1.29, 1.82) is 0 Å². The fraction of sp³-hybridized carbons (Fsp3) is 0.458. The predicted octanol–water partition coefficient (Wildman–Crippen LogP) is 3.02. The van der Waals surface area contributed by atoms with E-state index in [9.17, 15) is 9.59 Å². The Morgan fingerprint density at radius 3 is 2.48 bits per heavy atom. The van der Waals surface area contributed by atoms with E-state index in [-0.39, 0.29) is 24.0 Å². The highest BCUT2D eigenvalue weighted by Gasteiger charge is 2.28. The highest BCUT2D eigenvalue weighted by Crippen LogP contribution is 2.26. The quantitative estimate of drug-likeness (QED) is 0.739. The zero-order valence-corrected chi connectivity index (χ0v) is 17.9. The largest absolute Gasteiger partial charge is 0.489 e. The van der Waals surface area contributed by atoms with Gasteiger partial charge in [-0.1, -0.05) is 12.1 Å². The van der Waals surface area contributed by atoms with Gasteiger partial charge in [0.25, 0.3) is 11.8 Å². The van der Waals surface area contributed by atoms with Crippen LogP contribution < -0.4 is 4.74 Å². The number of aromatic nitrogens is 1. The van der Waals surface area contributed by atoms with E-state index in [4.69, 9.17) is 9.47 Å². The SMILES string of the molecule is CO[C@@H]1CCCN(C(=O)c2ccccc2OC2CCN(C(=O)c3cccnc3)CC2)C1. The lowest BCUT2D eigenvalue weighted by Crippen LogP contribution is -2.43. The predicted molar refractivity (Wildman–Crippen MR) is 116 cm³/mol. The molecular formula is C24H29N3O4. The van der Waals surface area contributed by atoms with Gasteiger partial charge in [-0.15, -0.1) is 0 Å². The van der Waals surface area contributed by atoms with E-state index in [0.717, 1.165) is 32.2 Å². The second-order valence-corrected chi connectivity index (χ2v) is 8.10. The summed E-state index contributed by atoms with van der Waals surface area (Å²) in [5, 5.41) is 0. The maximum absolute atomic E-state index is 13.2. The first kappa shape index (κ1) is 21.3. The third kappa shape index (κ3) is 5.05. The number of benzene rings is 1. The van der Waals surface area contributed by atoms with Crippen molar-refractivity contribution in [2.75, 3.05) is 33.3 Å². The van der Waals surface area contributed by atoms with Crippen LogP contribution in [0.25, 0.3) is 0 Å². The minimum absolute atomic E-state index is 0.0000707. The molecule has 2 saturated heterocycles. The zero-order chi connectivity index (χ0) is 21.6. The molecule has 2 aliphatic rings. The van der Waals surface area contributed by atoms with Crippen molar-refractivity contribution < 1.29 is 19.1 Å². The number of carbonyl (C=O) groups excluding carboxylic acids is 2. The summed E-state index contributed by atoms with van der Waals surface area (Å²) in [6.45, 7) is 2.59. The van der Waals surface area contributed by atoms with E-state index < -0.39 is 0 Å². The van der Waals surface area contributed by atoms with E-state index in [0.29, 0.717) is 36.5 Å². The highest BCUT2D eigenvalue weighted by atomic mass is 16.5. The van der Waals surface area contributed by atoms with Crippen LogP contribution in [0.3, 0.4) is 0 Å². The summed E-state index contributed by atoms with van der Waals surface area (Å²) in [5.41, 5.74) is 1.20. The monoisotopic (exact) mass is 423 g/mol. The number of amides is 2. The van der Waals surface area contributed by atoms with Gasteiger partial charge in [0.15, 0.2) is 0 Å². The van der Waals surface area contributed by atoms with Gasteiger partial charge in [-0.25, -0.2) is 0 Å². The van der Waals surface area contributed by atoms with Crippen molar-refractivity contribution in [2.24, 2.45) is 0 Å². The average molecular weight is 424 g/mol. The molecule has 0 unspecified atom stereocenters. The molecule has 0 bridgehead atoms. The normalized spacial score (nSPS) is 19.8. The van der Waals surface area contributed by atoms with Crippen molar-refractivity contribution in [2.45, 2.75) is 37.9 Å². The van der Waals surface area contributed by atoms with Gasteiger partial charge in [-0.05, 0) is 37.1 Å². The molecule has 2 fully saturated rings. The summed E-state index contributed by atoms with van der Waals surface area (Å²) in [6, 6.07) is 11.0. The Kier molecular flexibility index (Phi) is 6.82. The molecule has 2 aromatic rings. The molecular weight excluding hydrogens is 394 g/mol. The average Bonchev–Trinajstić information content (AvgIpc) is 2.84. The number of pyridine rings is 1. The first-order valence-corrected chi connectivity index (χ1v) is 10.9. The Balaban J connectivity index is 1.37. The van der Waals surface area contributed by atoms with Gasteiger partial charge in [-0.2, -0.15) is 0 Å². The van der Waals surface area contributed by atoms with Gasteiger partial charge >= 0.3 is 0 Å². The molecule has 0 spiro atoms. The Morgan fingerprint density at radius 1 is 0.935 bits per heavy atom. The Hall–Kier alpha value is -2.93. The topological polar surface area (TPSA) is 72.0 Å². The number of hydrogen-bond donors (Lipinski definition) is 0. The van der Waals surface area contributed by atoms with Crippen molar-refractivity contribution >= 4 is 11.8 Å².